The molecule has 9 nitrogen and oxygen atoms in total. The van der Waals surface area contributed by atoms with E-state index in [0.29, 0.717) is 13.2 Å². The average molecular weight is 847 g/mol. The predicted octanol–water partition coefficient (Wildman–Crippen LogP) is 9.38. The molecule has 1 heterocycles. The number of benzene rings is 6. The first kappa shape index (κ1) is 44.0. The van der Waals surface area contributed by atoms with Crippen LogP contribution in [0.25, 0.3) is 0 Å². The minimum absolute atomic E-state index is 0.139. The molecule has 0 saturated carbocycles. The highest BCUT2D eigenvalue weighted by Gasteiger charge is 2.51. The fourth-order valence-corrected chi connectivity index (χ4v) is 7.74. The van der Waals surface area contributed by atoms with E-state index in [1.165, 1.54) is 6.08 Å². The van der Waals surface area contributed by atoms with Gasteiger partial charge in [0.25, 0.3) is 0 Å². The summed E-state index contributed by atoms with van der Waals surface area (Å²) in [5, 5.41) is 0. The summed E-state index contributed by atoms with van der Waals surface area (Å²) in [5.41, 5.74) is 5.86. The minimum Gasteiger partial charge on any atom is -0.374 e. The van der Waals surface area contributed by atoms with Gasteiger partial charge >= 0.3 is 0 Å². The van der Waals surface area contributed by atoms with Crippen molar-refractivity contribution in [3.63, 3.8) is 0 Å². The van der Waals surface area contributed by atoms with E-state index < -0.39 is 49.0 Å². The Kier molecular flexibility index (Phi) is 16.2. The van der Waals surface area contributed by atoms with Crippen molar-refractivity contribution >= 4 is 5.78 Å². The highest BCUT2D eigenvalue weighted by atomic mass is 16.7. The van der Waals surface area contributed by atoms with Crippen molar-refractivity contribution in [1.82, 2.24) is 0 Å². The second-order valence-corrected chi connectivity index (χ2v) is 15.7. The summed E-state index contributed by atoms with van der Waals surface area (Å²) in [5.74, 6) is -0.279. The molecule has 6 aromatic rings. The van der Waals surface area contributed by atoms with Gasteiger partial charge in [-0.25, -0.2) is 0 Å². The molecule has 0 radical (unpaired) electrons. The maximum absolute atomic E-state index is 14.2. The molecule has 9 heteroatoms. The third-order valence-corrected chi connectivity index (χ3v) is 11.0. The van der Waals surface area contributed by atoms with Crippen LogP contribution in [0, 0.1) is 0 Å². The maximum Gasteiger partial charge on any atom is 0.187 e. The summed E-state index contributed by atoms with van der Waals surface area (Å²) in [6.07, 6.45) is -3.46. The molecule has 0 amide bonds. The van der Waals surface area contributed by atoms with E-state index in [1.807, 2.05) is 182 Å². The van der Waals surface area contributed by atoms with Gasteiger partial charge < -0.3 is 37.9 Å². The zero-order chi connectivity index (χ0) is 42.9. The molecular weight excluding hydrogens is 793 g/mol. The van der Waals surface area contributed by atoms with Crippen LogP contribution in [0.4, 0.5) is 0 Å². The summed E-state index contributed by atoms with van der Waals surface area (Å²) >= 11 is 0. The molecular formula is C54H54O9. The quantitative estimate of drug-likeness (QED) is 0.0703. The van der Waals surface area contributed by atoms with E-state index >= 15 is 0 Å². The van der Waals surface area contributed by atoms with E-state index in [0.717, 1.165) is 33.4 Å². The van der Waals surface area contributed by atoms with Crippen LogP contribution in [-0.4, -0.2) is 61.4 Å². The first-order valence-corrected chi connectivity index (χ1v) is 21.6. The van der Waals surface area contributed by atoms with Gasteiger partial charge in [-0.2, -0.15) is 0 Å². The minimum atomic E-state index is -1.13. The topological polar surface area (TPSA) is 90.9 Å². The zero-order valence-corrected chi connectivity index (χ0v) is 35.2. The van der Waals surface area contributed by atoms with Crippen molar-refractivity contribution in [2.75, 3.05) is 6.61 Å². The molecule has 1 fully saturated rings. The van der Waals surface area contributed by atoms with Crippen LogP contribution in [0.2, 0.25) is 0 Å². The van der Waals surface area contributed by atoms with Gasteiger partial charge in [-0.15, -0.1) is 0 Å². The first-order chi connectivity index (χ1) is 31.2. The molecule has 0 spiro atoms. The monoisotopic (exact) mass is 846 g/mol. The number of carbonyl (C=O) groups excluding carboxylic acids is 1. The lowest BCUT2D eigenvalue weighted by Gasteiger charge is -2.47. The number of rotatable bonds is 21. The van der Waals surface area contributed by atoms with E-state index in [4.69, 9.17) is 37.9 Å². The zero-order valence-electron chi connectivity index (χ0n) is 35.2. The SMILES string of the molecule is O=C1C=C[C@H](OCc2ccccc2)[C@@H](OCc2ccccc2)[C@@H]1O[C@H]1O[C@H](COCc2ccccc2)[C@H](OCc2ccccc2)[C@H](OCc2ccccc2)[C@H]1OCc1ccccc1. The van der Waals surface area contributed by atoms with Gasteiger partial charge in [-0.1, -0.05) is 182 Å². The van der Waals surface area contributed by atoms with E-state index in [2.05, 4.69) is 0 Å². The lowest BCUT2D eigenvalue weighted by atomic mass is 9.95. The molecule has 1 aliphatic heterocycles. The molecule has 8 rings (SSSR count). The van der Waals surface area contributed by atoms with Crippen LogP contribution >= 0.6 is 0 Å². The normalized spacial score (nSPS) is 23.4. The third kappa shape index (κ3) is 12.8. The van der Waals surface area contributed by atoms with Gasteiger partial charge in [0, 0.05) is 0 Å². The van der Waals surface area contributed by atoms with Crippen LogP contribution in [0.3, 0.4) is 0 Å². The van der Waals surface area contributed by atoms with Crippen LogP contribution < -0.4 is 0 Å². The van der Waals surface area contributed by atoms with Gasteiger partial charge in [0.15, 0.2) is 18.2 Å². The highest BCUT2D eigenvalue weighted by Crippen LogP contribution is 2.34. The Labute approximate surface area is 370 Å². The Bertz CT molecular complexity index is 2240. The van der Waals surface area contributed by atoms with Crippen LogP contribution in [0.5, 0.6) is 0 Å². The number of carbonyl (C=O) groups is 1. The summed E-state index contributed by atoms with van der Waals surface area (Å²) in [6, 6.07) is 59.6. The van der Waals surface area contributed by atoms with E-state index in [-0.39, 0.29) is 38.8 Å². The van der Waals surface area contributed by atoms with Crippen molar-refractivity contribution in [3.8, 4) is 0 Å². The van der Waals surface area contributed by atoms with Crippen LogP contribution in [0.1, 0.15) is 33.4 Å². The molecule has 0 N–H and O–H groups in total. The van der Waals surface area contributed by atoms with Crippen molar-refractivity contribution in [1.29, 1.82) is 0 Å². The molecule has 8 atom stereocenters. The number of ether oxygens (including phenoxy) is 8. The van der Waals surface area contributed by atoms with Crippen LogP contribution in [0.15, 0.2) is 194 Å². The maximum atomic E-state index is 14.2. The van der Waals surface area contributed by atoms with Crippen molar-refractivity contribution in [2.24, 2.45) is 0 Å². The van der Waals surface area contributed by atoms with Crippen LogP contribution in [-0.2, 0) is 82.3 Å². The standard InChI is InChI=1S/C54H54O9/c55-46-31-32-47(57-34-41-21-9-2-10-22-41)50(58-35-42-23-11-3-12-24-42)49(46)63-54-53(61-38-45-29-17-6-18-30-45)52(60-37-44-27-15-5-16-28-44)51(59-36-43-25-13-4-14-26-43)48(62-54)39-56-33-40-19-7-1-8-20-40/h1-32,47-54H,33-39H2/t47-,48+,49+,50+,51-,52-,53+,54+/m0/s1. The van der Waals surface area contributed by atoms with Gasteiger partial charge in [-0.05, 0) is 45.5 Å². The number of hydrogen-bond donors (Lipinski definition) is 0. The largest absolute Gasteiger partial charge is 0.374 e. The molecule has 6 aromatic carbocycles. The lowest BCUT2D eigenvalue weighted by Crippen LogP contribution is -2.63. The first-order valence-electron chi connectivity index (χ1n) is 21.6. The number of ketones is 1. The van der Waals surface area contributed by atoms with Crippen molar-refractivity contribution < 1.29 is 42.7 Å². The van der Waals surface area contributed by atoms with Gasteiger partial charge in [0.1, 0.15) is 36.6 Å². The summed E-state index contributed by atoms with van der Waals surface area (Å²) in [7, 11) is 0. The Hall–Kier alpha value is -5.59. The molecule has 0 unspecified atom stereocenters. The smallest absolute Gasteiger partial charge is 0.187 e. The summed E-state index contributed by atoms with van der Waals surface area (Å²) < 4.78 is 54.1. The van der Waals surface area contributed by atoms with Crippen molar-refractivity contribution in [3.05, 3.63) is 228 Å². The second kappa shape index (κ2) is 23.2. The predicted molar refractivity (Wildman–Crippen MR) is 239 cm³/mol. The molecule has 0 bridgehead atoms. The fraction of sp³-hybridized carbons (Fsp3) is 0.278. The Morgan fingerprint density at radius 3 is 1.21 bits per heavy atom. The van der Waals surface area contributed by atoms with Crippen molar-refractivity contribution in [2.45, 2.75) is 88.7 Å². The molecule has 63 heavy (non-hydrogen) atoms. The molecule has 0 aromatic heterocycles. The van der Waals surface area contributed by atoms with E-state index in [9.17, 15) is 4.79 Å². The van der Waals surface area contributed by atoms with E-state index in [1.54, 1.807) is 6.08 Å². The second-order valence-electron chi connectivity index (χ2n) is 15.7. The van der Waals surface area contributed by atoms with Gasteiger partial charge in [0.05, 0.1) is 46.2 Å². The number of hydrogen-bond acceptors (Lipinski definition) is 9. The Morgan fingerprint density at radius 1 is 0.397 bits per heavy atom. The lowest BCUT2D eigenvalue weighted by molar-refractivity contribution is -0.340. The highest BCUT2D eigenvalue weighted by molar-refractivity contribution is 5.95. The Morgan fingerprint density at radius 2 is 0.762 bits per heavy atom. The fourth-order valence-electron chi connectivity index (χ4n) is 7.74. The molecule has 2 aliphatic rings. The van der Waals surface area contributed by atoms with Gasteiger partial charge in [-0.3, -0.25) is 4.79 Å². The summed E-state index contributed by atoms with van der Waals surface area (Å²) in [6.45, 7) is 1.79. The Balaban J connectivity index is 1.14. The molecule has 324 valence electrons. The average Bonchev–Trinajstić information content (AvgIpc) is 3.34. The molecule has 1 saturated heterocycles. The molecule has 1 aliphatic carbocycles. The third-order valence-electron chi connectivity index (χ3n) is 11.0. The van der Waals surface area contributed by atoms with Gasteiger partial charge in [0.2, 0.25) is 0 Å². The summed E-state index contributed by atoms with van der Waals surface area (Å²) in [4.78, 5) is 14.2.